The van der Waals surface area contributed by atoms with Crippen molar-refractivity contribution in [3.05, 3.63) is 77.7 Å². The maximum absolute atomic E-state index is 13.2. The van der Waals surface area contributed by atoms with E-state index in [2.05, 4.69) is 15.6 Å². The van der Waals surface area contributed by atoms with E-state index in [1.165, 1.54) is 24.3 Å². The van der Waals surface area contributed by atoms with Crippen LogP contribution >= 0.6 is 11.6 Å². The molecule has 47 heavy (non-hydrogen) atoms. The minimum absolute atomic E-state index is 0. The minimum Gasteiger partial charge on any atom is -1.00 e. The molecule has 0 atom stereocenters. The second-order valence-corrected chi connectivity index (χ2v) is 11.4. The van der Waals surface area contributed by atoms with Crippen molar-refractivity contribution in [3.8, 4) is 23.0 Å². The zero-order valence-electron chi connectivity index (χ0n) is 27.1. The van der Waals surface area contributed by atoms with Crippen molar-refractivity contribution in [3.63, 3.8) is 0 Å². The molecule has 0 bridgehead atoms. The van der Waals surface area contributed by atoms with Gasteiger partial charge >= 0.3 is 57.4 Å². The smallest absolute Gasteiger partial charge is 1.00 e. The SMILES string of the molecule is COc1cc2c(Oc3ccc(NC(=O)C4(C(=O)Nc5ccc(F)cc5)CC4)cc3Cl)ccnc2cc1OCCCCCCC(=O)O.[H-].[K+]. The first-order chi connectivity index (χ1) is 22.2. The molecule has 10 nitrogen and oxygen atoms in total. The van der Waals surface area contributed by atoms with Gasteiger partial charge in [0.1, 0.15) is 22.7 Å². The molecule has 0 radical (unpaired) electrons. The van der Waals surface area contributed by atoms with E-state index in [9.17, 15) is 18.8 Å². The summed E-state index contributed by atoms with van der Waals surface area (Å²) < 4.78 is 30.9. The van der Waals surface area contributed by atoms with Crippen LogP contribution in [0, 0.1) is 11.2 Å². The molecule has 1 heterocycles. The van der Waals surface area contributed by atoms with E-state index in [0.717, 1.165) is 19.3 Å². The van der Waals surface area contributed by atoms with Crippen LogP contribution in [0.2, 0.25) is 5.02 Å². The fourth-order valence-electron chi connectivity index (χ4n) is 4.90. The molecule has 0 unspecified atom stereocenters. The number of unbranched alkanes of at least 4 members (excludes halogenated alkanes) is 3. The Labute approximate surface area is 320 Å². The van der Waals surface area contributed by atoms with Crippen LogP contribution in [-0.4, -0.2) is 41.6 Å². The number of aliphatic carboxylic acids is 1. The van der Waals surface area contributed by atoms with Gasteiger partial charge in [-0.05, 0) is 80.3 Å². The van der Waals surface area contributed by atoms with Gasteiger partial charge in [0.15, 0.2) is 11.5 Å². The first-order valence-electron chi connectivity index (χ1n) is 14.9. The van der Waals surface area contributed by atoms with E-state index in [1.54, 1.807) is 49.7 Å². The number of carboxylic acid groups (broad SMARTS) is 1. The van der Waals surface area contributed by atoms with Crippen molar-refractivity contribution < 1.29 is 90.9 Å². The summed E-state index contributed by atoms with van der Waals surface area (Å²) in [5, 5.41) is 15.1. The fraction of sp³-hybridized carbons (Fsp3) is 0.294. The summed E-state index contributed by atoms with van der Waals surface area (Å²) >= 11 is 6.55. The quantitative estimate of drug-likeness (QED) is 0.0928. The van der Waals surface area contributed by atoms with Gasteiger partial charge in [-0.3, -0.25) is 19.4 Å². The van der Waals surface area contributed by atoms with Crippen molar-refractivity contribution in [1.29, 1.82) is 0 Å². The Morgan fingerprint density at radius 1 is 0.894 bits per heavy atom. The van der Waals surface area contributed by atoms with E-state index in [0.29, 0.717) is 71.1 Å². The molecule has 0 saturated heterocycles. The molecule has 0 aliphatic heterocycles. The Kier molecular flexibility index (Phi) is 13.0. The Morgan fingerprint density at radius 2 is 1.57 bits per heavy atom. The third kappa shape index (κ3) is 9.43. The van der Waals surface area contributed by atoms with Crippen LogP contribution < -0.4 is 76.2 Å². The normalized spacial score (nSPS) is 12.8. The van der Waals surface area contributed by atoms with Gasteiger partial charge < -0.3 is 31.4 Å². The van der Waals surface area contributed by atoms with Crippen LogP contribution in [0.15, 0.2) is 66.9 Å². The number of rotatable bonds is 15. The van der Waals surface area contributed by atoms with Crippen LogP contribution in [0.4, 0.5) is 15.8 Å². The Morgan fingerprint density at radius 3 is 2.23 bits per heavy atom. The summed E-state index contributed by atoms with van der Waals surface area (Å²) in [7, 11) is 1.54. The third-order valence-electron chi connectivity index (χ3n) is 7.66. The molecule has 3 aromatic carbocycles. The predicted octanol–water partition coefficient (Wildman–Crippen LogP) is 4.72. The van der Waals surface area contributed by atoms with Crippen molar-refractivity contribution in [2.45, 2.75) is 44.9 Å². The van der Waals surface area contributed by atoms with Gasteiger partial charge in [-0.15, -0.1) is 0 Å². The summed E-state index contributed by atoms with van der Waals surface area (Å²) in [6.07, 6.45) is 5.64. The maximum Gasteiger partial charge on any atom is 1.00 e. The molecule has 13 heteroatoms. The number of nitrogens with zero attached hydrogens (tertiary/aromatic N) is 1. The monoisotopic (exact) mass is 689 g/mol. The number of anilines is 2. The number of halogens is 2. The van der Waals surface area contributed by atoms with Gasteiger partial charge in [0.2, 0.25) is 11.8 Å². The number of benzene rings is 3. The molecular weight excluding hydrogens is 656 g/mol. The van der Waals surface area contributed by atoms with Gasteiger partial charge in [-0.25, -0.2) is 4.39 Å². The number of pyridine rings is 1. The zero-order chi connectivity index (χ0) is 32.7. The molecule has 242 valence electrons. The number of carbonyl (C=O) groups is 3. The number of amides is 2. The first-order valence-corrected chi connectivity index (χ1v) is 15.2. The third-order valence-corrected chi connectivity index (χ3v) is 7.96. The zero-order valence-corrected chi connectivity index (χ0v) is 30.0. The van der Waals surface area contributed by atoms with E-state index >= 15 is 0 Å². The standard InChI is InChI=1S/C34H33ClFN3O7.K.H/c1-44-29-19-24-26(20-30(29)45-17-5-3-2-4-6-31(40)41)37-16-13-27(24)46-28-12-11-23(18-25(28)35)39-33(43)34(14-15-34)32(42)38-22-9-7-21(36)8-10-22;;/h7-13,16,18-20H,2-6,14-15,17H2,1H3,(H,38,42)(H,39,43)(H,40,41);;/q;+1;-1. The van der Waals surface area contributed by atoms with Gasteiger partial charge in [0.05, 0.1) is 24.3 Å². The van der Waals surface area contributed by atoms with Crippen molar-refractivity contribution >= 4 is 51.7 Å². The molecule has 4 aromatic rings. The molecule has 1 aliphatic carbocycles. The van der Waals surface area contributed by atoms with Crippen molar-refractivity contribution in [2.75, 3.05) is 24.4 Å². The average Bonchev–Trinajstić information content (AvgIpc) is 3.85. The van der Waals surface area contributed by atoms with Gasteiger partial charge in [0, 0.05) is 35.4 Å². The number of carbonyl (C=O) groups excluding carboxylic acids is 2. The largest absolute Gasteiger partial charge is 1.00 e. The van der Waals surface area contributed by atoms with Gasteiger partial charge in [-0.1, -0.05) is 24.4 Å². The maximum atomic E-state index is 13.2. The van der Waals surface area contributed by atoms with Crippen LogP contribution in [-0.2, 0) is 14.4 Å². The molecular formula is C34H34ClFKN3O7. The second-order valence-electron chi connectivity index (χ2n) is 11.0. The van der Waals surface area contributed by atoms with Crippen LogP contribution in [0.25, 0.3) is 10.9 Å². The van der Waals surface area contributed by atoms with E-state index in [4.69, 9.17) is 30.9 Å². The van der Waals surface area contributed by atoms with E-state index in [1.807, 2.05) is 0 Å². The number of ether oxygens (including phenoxy) is 3. The summed E-state index contributed by atoms with van der Waals surface area (Å²) in [6, 6.07) is 15.4. The molecule has 1 saturated carbocycles. The molecule has 2 amide bonds. The summed E-state index contributed by atoms with van der Waals surface area (Å²) in [4.78, 5) is 41.1. The Balaban J connectivity index is 0.00000312. The van der Waals surface area contributed by atoms with Crippen LogP contribution in [0.3, 0.4) is 0 Å². The fourth-order valence-corrected chi connectivity index (χ4v) is 5.12. The van der Waals surface area contributed by atoms with Gasteiger partial charge in [0.25, 0.3) is 0 Å². The number of hydrogen-bond donors (Lipinski definition) is 3. The summed E-state index contributed by atoms with van der Waals surface area (Å²) in [6.45, 7) is 0.448. The summed E-state index contributed by atoms with van der Waals surface area (Å²) in [5.41, 5.74) is 0.202. The van der Waals surface area contributed by atoms with Gasteiger partial charge in [-0.2, -0.15) is 0 Å². The Hall–Kier alpha value is -3.26. The van der Waals surface area contributed by atoms with Crippen molar-refractivity contribution in [1.82, 2.24) is 4.98 Å². The molecule has 1 aromatic heterocycles. The van der Waals surface area contributed by atoms with Crippen LogP contribution in [0.1, 0.15) is 46.4 Å². The number of hydrogen-bond acceptors (Lipinski definition) is 7. The minimum atomic E-state index is -1.21. The first kappa shape index (κ1) is 36.6. The second kappa shape index (κ2) is 16.7. The molecule has 5 rings (SSSR count). The topological polar surface area (TPSA) is 136 Å². The molecule has 1 fully saturated rings. The number of carboxylic acids is 1. The van der Waals surface area contributed by atoms with Crippen LogP contribution in [0.5, 0.6) is 23.0 Å². The van der Waals surface area contributed by atoms with E-state index < -0.39 is 29.0 Å². The number of nitrogens with one attached hydrogen (secondary N) is 2. The number of fused-ring (bicyclic) bond motifs is 1. The predicted molar refractivity (Wildman–Crippen MR) is 172 cm³/mol. The molecule has 3 N–H and O–H groups in total. The summed E-state index contributed by atoms with van der Waals surface area (Å²) in [5.74, 6) is -0.282. The Bertz CT molecular complexity index is 1760. The van der Waals surface area contributed by atoms with E-state index in [-0.39, 0.29) is 64.3 Å². The average molecular weight is 690 g/mol. The number of aromatic nitrogens is 1. The molecule has 0 spiro atoms. The molecule has 1 aliphatic rings. The number of methoxy groups -OCH3 is 1. The van der Waals surface area contributed by atoms with Crippen molar-refractivity contribution in [2.24, 2.45) is 5.41 Å².